The van der Waals surface area contributed by atoms with Crippen molar-refractivity contribution in [1.29, 1.82) is 0 Å². The molecule has 0 spiro atoms. The van der Waals surface area contributed by atoms with E-state index in [1.807, 2.05) is 0 Å². The Bertz CT molecular complexity index is 109. The van der Waals surface area contributed by atoms with Crippen molar-refractivity contribution in [1.82, 2.24) is 10.2 Å². The van der Waals surface area contributed by atoms with Crippen LogP contribution in [0.2, 0.25) is 0 Å². The van der Waals surface area contributed by atoms with Gasteiger partial charge in [-0.2, -0.15) is 0 Å². The summed E-state index contributed by atoms with van der Waals surface area (Å²) in [6, 6.07) is 1.36. The van der Waals surface area contributed by atoms with Crippen molar-refractivity contribution in [3.8, 4) is 0 Å². The van der Waals surface area contributed by atoms with Gasteiger partial charge in [-0.05, 0) is 24.6 Å². The van der Waals surface area contributed by atoms with E-state index in [1.165, 1.54) is 19.3 Å². The molecule has 66 valence electrons. The minimum atomic E-state index is 0.393. The summed E-state index contributed by atoms with van der Waals surface area (Å²) < 4.78 is 0. The highest BCUT2D eigenvalue weighted by atomic mass is 35.5. The minimum absolute atomic E-state index is 0.393. The smallest absolute Gasteiger partial charge is 0.0716 e. The molecule has 2 nitrogen and oxygen atoms in total. The molecule has 0 aromatic heterocycles. The number of nitrogens with one attached hydrogen (secondary N) is 2. The van der Waals surface area contributed by atoms with Crippen molar-refractivity contribution in [2.75, 3.05) is 6.00 Å². The van der Waals surface area contributed by atoms with E-state index in [0.717, 1.165) is 6.42 Å². The van der Waals surface area contributed by atoms with Gasteiger partial charge in [0.05, 0.1) is 6.00 Å². The second-order valence-corrected chi connectivity index (χ2v) is 3.43. The standard InChI is InChI=1S/C7H14Cl2N2/c8-5-10-6-3-1-2-4-7(6)11-9/h6-7,10-11H,1-5H2/t6-,7-/m1/s1. The zero-order chi connectivity index (χ0) is 8.10. The summed E-state index contributed by atoms with van der Waals surface area (Å²) in [7, 11) is 0. The normalized spacial score (nSPS) is 32.2. The van der Waals surface area contributed by atoms with E-state index in [-0.39, 0.29) is 0 Å². The first kappa shape index (κ1) is 9.59. The average molecular weight is 197 g/mol. The van der Waals surface area contributed by atoms with Crippen LogP contribution in [0.4, 0.5) is 0 Å². The van der Waals surface area contributed by atoms with Gasteiger partial charge in [-0.25, -0.2) is 4.84 Å². The lowest BCUT2D eigenvalue weighted by Crippen LogP contribution is -2.46. The molecule has 0 amide bonds. The molecule has 2 atom stereocenters. The Kier molecular flexibility index (Phi) is 4.53. The van der Waals surface area contributed by atoms with Crippen molar-refractivity contribution < 1.29 is 0 Å². The first-order valence-corrected chi connectivity index (χ1v) is 4.95. The fraction of sp³-hybridized carbons (Fsp3) is 1.00. The fourth-order valence-electron chi connectivity index (χ4n) is 1.60. The molecule has 0 aromatic rings. The van der Waals surface area contributed by atoms with Crippen molar-refractivity contribution in [3.63, 3.8) is 0 Å². The van der Waals surface area contributed by atoms with Crippen molar-refractivity contribution in [2.45, 2.75) is 37.8 Å². The van der Waals surface area contributed by atoms with E-state index in [1.54, 1.807) is 0 Å². The van der Waals surface area contributed by atoms with Crippen LogP contribution in [0.1, 0.15) is 25.7 Å². The number of rotatable bonds is 3. The Morgan fingerprint density at radius 1 is 1.18 bits per heavy atom. The summed E-state index contributed by atoms with van der Waals surface area (Å²) in [4.78, 5) is 2.79. The molecule has 1 fully saturated rings. The number of hydrogen-bond acceptors (Lipinski definition) is 2. The molecule has 0 unspecified atom stereocenters. The fourth-order valence-corrected chi connectivity index (χ4v) is 2.06. The van der Waals surface area contributed by atoms with Gasteiger partial charge in [0.25, 0.3) is 0 Å². The lowest BCUT2D eigenvalue weighted by Gasteiger charge is -2.30. The van der Waals surface area contributed by atoms with Gasteiger partial charge in [0, 0.05) is 12.1 Å². The molecule has 0 heterocycles. The van der Waals surface area contributed by atoms with E-state index < -0.39 is 0 Å². The number of halogens is 2. The van der Waals surface area contributed by atoms with Crippen molar-refractivity contribution in [2.24, 2.45) is 0 Å². The lowest BCUT2D eigenvalue weighted by molar-refractivity contribution is 0.325. The van der Waals surface area contributed by atoms with Gasteiger partial charge in [0.15, 0.2) is 0 Å². The van der Waals surface area contributed by atoms with Gasteiger partial charge in [-0.15, -0.1) is 11.6 Å². The van der Waals surface area contributed by atoms with Crippen LogP contribution >= 0.6 is 23.4 Å². The predicted octanol–water partition coefficient (Wildman–Crippen LogP) is 1.83. The van der Waals surface area contributed by atoms with Gasteiger partial charge in [0.2, 0.25) is 0 Å². The maximum absolute atomic E-state index is 5.58. The highest BCUT2D eigenvalue weighted by Gasteiger charge is 2.23. The monoisotopic (exact) mass is 196 g/mol. The molecular weight excluding hydrogens is 183 g/mol. The van der Waals surface area contributed by atoms with Crippen LogP contribution in [-0.4, -0.2) is 18.1 Å². The summed E-state index contributed by atoms with van der Waals surface area (Å²) in [5.41, 5.74) is 0. The van der Waals surface area contributed by atoms with Crippen LogP contribution in [0, 0.1) is 0 Å². The van der Waals surface area contributed by atoms with Crippen LogP contribution in [-0.2, 0) is 0 Å². The maximum atomic E-state index is 5.58. The second kappa shape index (κ2) is 5.20. The molecule has 0 bridgehead atoms. The van der Waals surface area contributed by atoms with Crippen molar-refractivity contribution in [3.05, 3.63) is 0 Å². The molecular formula is C7H14Cl2N2. The van der Waals surface area contributed by atoms with Gasteiger partial charge in [-0.1, -0.05) is 12.8 Å². The zero-order valence-electron chi connectivity index (χ0n) is 6.45. The highest BCUT2D eigenvalue weighted by Crippen LogP contribution is 2.18. The zero-order valence-corrected chi connectivity index (χ0v) is 7.96. The summed E-state index contributed by atoms with van der Waals surface area (Å²) in [5, 5.41) is 3.20. The van der Waals surface area contributed by atoms with E-state index in [0.29, 0.717) is 18.1 Å². The molecule has 2 N–H and O–H groups in total. The molecule has 0 aromatic carbocycles. The van der Waals surface area contributed by atoms with Gasteiger partial charge >= 0.3 is 0 Å². The third-order valence-electron chi connectivity index (χ3n) is 2.25. The minimum Gasteiger partial charge on any atom is -0.299 e. The quantitative estimate of drug-likeness (QED) is 0.409. The van der Waals surface area contributed by atoms with Gasteiger partial charge in [0.1, 0.15) is 0 Å². The van der Waals surface area contributed by atoms with Gasteiger partial charge in [-0.3, -0.25) is 5.32 Å². The molecule has 1 aliphatic carbocycles. The first-order valence-electron chi connectivity index (χ1n) is 4.04. The molecule has 0 aliphatic heterocycles. The third kappa shape index (κ3) is 2.79. The molecule has 11 heavy (non-hydrogen) atoms. The Hall–Kier alpha value is 0.500. The first-order chi connectivity index (χ1) is 5.38. The van der Waals surface area contributed by atoms with E-state index in [9.17, 15) is 0 Å². The number of hydrogen-bond donors (Lipinski definition) is 2. The van der Waals surface area contributed by atoms with E-state index >= 15 is 0 Å². The van der Waals surface area contributed by atoms with Crippen LogP contribution in [0.5, 0.6) is 0 Å². The molecule has 4 heteroatoms. The average Bonchev–Trinajstić information content (AvgIpc) is 2.06. The SMILES string of the molecule is ClCN[C@@H]1CCCC[C@H]1NCl. The largest absolute Gasteiger partial charge is 0.299 e. The molecule has 1 aliphatic rings. The number of alkyl halides is 1. The van der Waals surface area contributed by atoms with E-state index in [2.05, 4.69) is 10.2 Å². The Morgan fingerprint density at radius 2 is 1.82 bits per heavy atom. The van der Waals surface area contributed by atoms with Crippen LogP contribution < -0.4 is 10.2 Å². The van der Waals surface area contributed by atoms with Crippen LogP contribution in [0.15, 0.2) is 0 Å². The van der Waals surface area contributed by atoms with Crippen LogP contribution in [0.3, 0.4) is 0 Å². The summed E-state index contributed by atoms with van der Waals surface area (Å²) in [6.07, 6.45) is 4.88. The predicted molar refractivity (Wildman–Crippen MR) is 48.9 cm³/mol. The molecule has 0 radical (unpaired) electrons. The third-order valence-corrected chi connectivity index (χ3v) is 2.68. The molecule has 0 saturated heterocycles. The van der Waals surface area contributed by atoms with Crippen LogP contribution in [0.25, 0.3) is 0 Å². The van der Waals surface area contributed by atoms with Gasteiger partial charge < -0.3 is 0 Å². The summed E-state index contributed by atoms with van der Waals surface area (Å²) >= 11 is 11.2. The van der Waals surface area contributed by atoms with E-state index in [4.69, 9.17) is 23.4 Å². The Labute approximate surface area is 77.7 Å². The lowest BCUT2D eigenvalue weighted by atomic mass is 9.91. The topological polar surface area (TPSA) is 24.1 Å². The second-order valence-electron chi connectivity index (χ2n) is 2.94. The maximum Gasteiger partial charge on any atom is 0.0716 e. The Balaban J connectivity index is 2.31. The molecule has 1 rings (SSSR count). The highest BCUT2D eigenvalue weighted by molar-refractivity contribution is 6.17. The molecule has 1 saturated carbocycles. The summed E-state index contributed by atoms with van der Waals surface area (Å²) in [6.45, 7) is 0. The Morgan fingerprint density at radius 3 is 2.36 bits per heavy atom. The summed E-state index contributed by atoms with van der Waals surface area (Å²) in [5.74, 6) is 0. The van der Waals surface area contributed by atoms with Crippen molar-refractivity contribution >= 4 is 23.4 Å².